The van der Waals surface area contributed by atoms with E-state index in [1.807, 2.05) is 72.8 Å². The van der Waals surface area contributed by atoms with Crippen LogP contribution in [0.4, 0.5) is 0 Å². The summed E-state index contributed by atoms with van der Waals surface area (Å²) in [7, 11) is 0. The third kappa shape index (κ3) is 12.0. The molecule has 6 aromatic rings. The molecule has 268 valence electrons. The van der Waals surface area contributed by atoms with Gasteiger partial charge in [-0.1, -0.05) is 137 Å². The summed E-state index contributed by atoms with van der Waals surface area (Å²) in [5.74, 6) is 0. The normalized spacial score (nSPS) is 11.9. The SMILES string of the molecule is CC(C)(C)c1cc2c([c-]c1-c1ccccc1)Cc1cc(-c3ccccc3)c(C(C)(C)C)cc1-2.[C-]1=CC=CC1.[CH2-]c1ccccc1.[CH2]=[Zr].[c-]1ccccc1. The molecule has 8 rings (SSSR count). The van der Waals surface area contributed by atoms with Gasteiger partial charge < -0.3 is 0 Å². The molecule has 0 saturated heterocycles. The fraction of sp³-hybridized carbons (Fsp3) is 0.192. The predicted molar refractivity (Wildman–Crippen MR) is 227 cm³/mol. The van der Waals surface area contributed by atoms with E-state index in [9.17, 15) is 0 Å². The molecule has 0 aromatic heterocycles. The van der Waals surface area contributed by atoms with Gasteiger partial charge in [0.15, 0.2) is 0 Å². The third-order valence-electron chi connectivity index (χ3n) is 8.86. The van der Waals surface area contributed by atoms with Crippen molar-refractivity contribution in [1.29, 1.82) is 0 Å². The average molecular weight is 768 g/mol. The summed E-state index contributed by atoms with van der Waals surface area (Å²) < 4.78 is 3.34. The van der Waals surface area contributed by atoms with Crippen LogP contribution in [0.5, 0.6) is 0 Å². The zero-order valence-corrected chi connectivity index (χ0v) is 34.8. The van der Waals surface area contributed by atoms with Gasteiger partial charge in [0.2, 0.25) is 0 Å². The van der Waals surface area contributed by atoms with Crippen molar-refractivity contribution in [3.05, 3.63) is 211 Å². The van der Waals surface area contributed by atoms with Crippen LogP contribution in [0.1, 0.15) is 75.8 Å². The standard InChI is InChI=1S/C33H33.C7H7.C6H5.C5H5.CH2.Zr/c1-32(2,3)30-20-26-24(18-28(30)22-13-9-7-10-14-22)17-25-19-29(23-15-11-8-12-16-23)31(21-27(25)26)33(4,5)6;1-7-5-3-2-4-6-7;1-2-4-6-5-3-1;1-2-4-5-3-1;;/h7-16,18,20-21H,17H2,1-6H3;2-6H,1H2;1-5H;1-3H,4H2;1H2;/q4*-1;;. The summed E-state index contributed by atoms with van der Waals surface area (Å²) in [6, 6.07) is 55.2. The van der Waals surface area contributed by atoms with Crippen LogP contribution in [0.2, 0.25) is 0 Å². The molecule has 0 amide bonds. The van der Waals surface area contributed by atoms with E-state index in [2.05, 4.69) is 156 Å². The van der Waals surface area contributed by atoms with Crippen LogP contribution < -0.4 is 0 Å². The Morgan fingerprint density at radius 2 is 1.13 bits per heavy atom. The van der Waals surface area contributed by atoms with Crippen LogP contribution in [0.15, 0.2) is 158 Å². The molecule has 0 saturated carbocycles. The van der Waals surface area contributed by atoms with Gasteiger partial charge in [-0.05, 0) is 39.5 Å². The number of hydrogen-bond donors (Lipinski definition) is 0. The van der Waals surface area contributed by atoms with Crippen molar-refractivity contribution in [2.45, 2.75) is 65.2 Å². The summed E-state index contributed by atoms with van der Waals surface area (Å²) in [6.07, 6.45) is 10.9. The minimum Gasteiger partial charge on any atom is -0.184 e. The molecule has 0 atom stereocenters. The average Bonchev–Trinajstić information content (AvgIpc) is 3.88. The summed E-state index contributed by atoms with van der Waals surface area (Å²) in [6.45, 7) is 17.6. The van der Waals surface area contributed by atoms with E-state index in [0.717, 1.165) is 18.4 Å². The Bertz CT molecular complexity index is 1900. The molecule has 1 heteroatoms. The molecule has 2 aliphatic carbocycles. The van der Waals surface area contributed by atoms with E-state index in [1.165, 1.54) is 79.9 Å². The zero-order valence-electron chi connectivity index (χ0n) is 32.3. The van der Waals surface area contributed by atoms with E-state index in [0.29, 0.717) is 0 Å². The molecule has 0 aliphatic heterocycles. The Morgan fingerprint density at radius 1 is 0.604 bits per heavy atom. The zero-order chi connectivity index (χ0) is 38.3. The number of rotatable bonds is 2. The van der Waals surface area contributed by atoms with E-state index in [-0.39, 0.29) is 10.8 Å². The van der Waals surface area contributed by atoms with Gasteiger partial charge in [-0.3, -0.25) is 6.08 Å². The molecule has 0 heterocycles. The molecular formula is C52H52Zr-4. The minimum atomic E-state index is 0.0380. The first-order chi connectivity index (χ1) is 25.5. The Morgan fingerprint density at radius 3 is 1.55 bits per heavy atom. The van der Waals surface area contributed by atoms with Gasteiger partial charge in [0.25, 0.3) is 0 Å². The fourth-order valence-corrected chi connectivity index (χ4v) is 6.26. The Balaban J connectivity index is 0.000000252. The van der Waals surface area contributed by atoms with Gasteiger partial charge in [0, 0.05) is 0 Å². The molecule has 0 nitrogen and oxygen atoms in total. The molecule has 0 radical (unpaired) electrons. The second-order valence-electron chi connectivity index (χ2n) is 15.0. The predicted octanol–water partition coefficient (Wildman–Crippen LogP) is 13.6. The second-order valence-corrected chi connectivity index (χ2v) is 15.0. The maximum Gasteiger partial charge on any atom is -0.171 e. The van der Waals surface area contributed by atoms with Crippen LogP contribution in [0, 0.1) is 25.1 Å². The quantitative estimate of drug-likeness (QED) is 0.154. The molecule has 0 unspecified atom stereocenters. The first kappa shape index (κ1) is 41.2. The van der Waals surface area contributed by atoms with Gasteiger partial charge in [-0.15, -0.1) is 47.4 Å². The van der Waals surface area contributed by atoms with E-state index >= 15 is 0 Å². The van der Waals surface area contributed by atoms with E-state index in [4.69, 9.17) is 0 Å². The molecule has 6 aromatic carbocycles. The van der Waals surface area contributed by atoms with Crippen LogP contribution in [0.25, 0.3) is 33.4 Å². The van der Waals surface area contributed by atoms with Crippen molar-refractivity contribution in [2.24, 2.45) is 0 Å². The summed E-state index contributed by atoms with van der Waals surface area (Å²) >= 11 is 1.30. The van der Waals surface area contributed by atoms with Crippen molar-refractivity contribution in [3.8, 4) is 33.4 Å². The molecule has 0 spiro atoms. The molecule has 2 aliphatic rings. The van der Waals surface area contributed by atoms with Gasteiger partial charge in [-0.2, -0.15) is 67.1 Å². The molecule has 53 heavy (non-hydrogen) atoms. The van der Waals surface area contributed by atoms with Gasteiger partial charge in [-0.25, -0.2) is 12.2 Å². The number of fused-ring (bicyclic) bond motifs is 3. The Hall–Kier alpha value is -4.58. The van der Waals surface area contributed by atoms with Gasteiger partial charge in [0.1, 0.15) is 0 Å². The monoisotopic (exact) mass is 766 g/mol. The first-order valence-electron chi connectivity index (χ1n) is 18.3. The number of allylic oxidation sites excluding steroid dienone is 4. The topological polar surface area (TPSA) is 0 Å². The van der Waals surface area contributed by atoms with Crippen molar-refractivity contribution in [2.75, 3.05) is 0 Å². The first-order valence-corrected chi connectivity index (χ1v) is 20.0. The maximum absolute atomic E-state index is 3.88. The summed E-state index contributed by atoms with van der Waals surface area (Å²) in [5.41, 5.74) is 14.6. The number of benzene rings is 6. The second kappa shape index (κ2) is 20.0. The molecule has 0 N–H and O–H groups in total. The van der Waals surface area contributed by atoms with Crippen molar-refractivity contribution in [3.63, 3.8) is 0 Å². The molecule has 0 bridgehead atoms. The van der Waals surface area contributed by atoms with Crippen molar-refractivity contribution in [1.82, 2.24) is 0 Å². The fourth-order valence-electron chi connectivity index (χ4n) is 6.26. The van der Waals surface area contributed by atoms with Crippen molar-refractivity contribution >= 4 is 4.21 Å². The van der Waals surface area contributed by atoms with Gasteiger partial charge >= 0.3 is 28.4 Å². The Kier molecular flexibility index (Phi) is 15.6. The Labute approximate surface area is 335 Å². The summed E-state index contributed by atoms with van der Waals surface area (Å²) in [4.78, 5) is 0. The van der Waals surface area contributed by atoms with Crippen LogP contribution in [0.3, 0.4) is 0 Å². The van der Waals surface area contributed by atoms with Crippen LogP contribution in [-0.4, -0.2) is 4.21 Å². The van der Waals surface area contributed by atoms with Crippen molar-refractivity contribution < 1.29 is 24.2 Å². The van der Waals surface area contributed by atoms with Gasteiger partial charge in [0.05, 0.1) is 0 Å². The smallest absolute Gasteiger partial charge is 0.171 e. The number of hydrogen-bond acceptors (Lipinski definition) is 0. The molecular weight excluding hydrogens is 716 g/mol. The summed E-state index contributed by atoms with van der Waals surface area (Å²) in [5, 5.41) is 0. The third-order valence-corrected chi connectivity index (χ3v) is 8.86. The van der Waals surface area contributed by atoms with Crippen LogP contribution >= 0.6 is 0 Å². The maximum atomic E-state index is 3.88. The largest absolute Gasteiger partial charge is 0.184 e. The van der Waals surface area contributed by atoms with E-state index in [1.54, 1.807) is 0 Å². The molecule has 0 fully saturated rings. The van der Waals surface area contributed by atoms with E-state index < -0.39 is 0 Å². The minimum absolute atomic E-state index is 0.0380. The van der Waals surface area contributed by atoms with Crippen LogP contribution in [-0.2, 0) is 41.5 Å².